The molecule has 0 rings (SSSR count). The molecular formula is C5H13NO4S. The SMILES string of the molecule is CCOCCC(N)S(=O)(=O)O. The third-order valence-electron chi connectivity index (χ3n) is 1.13. The topological polar surface area (TPSA) is 89.6 Å². The fourth-order valence-electron chi connectivity index (χ4n) is 0.493. The van der Waals surface area contributed by atoms with Crippen molar-refractivity contribution < 1.29 is 17.7 Å². The average molecular weight is 183 g/mol. The predicted octanol–water partition coefficient (Wildman–Crippen LogP) is -0.414. The highest BCUT2D eigenvalue weighted by Gasteiger charge is 2.16. The summed E-state index contributed by atoms with van der Waals surface area (Å²) in [5.41, 5.74) is 5.07. The average Bonchev–Trinajstić information content (AvgIpc) is 1.86. The summed E-state index contributed by atoms with van der Waals surface area (Å²) < 4.78 is 33.8. The summed E-state index contributed by atoms with van der Waals surface area (Å²) in [7, 11) is -4.09. The van der Waals surface area contributed by atoms with Crippen LogP contribution in [0.15, 0.2) is 0 Å². The molecule has 0 aromatic heterocycles. The number of hydrogen-bond acceptors (Lipinski definition) is 4. The second-order valence-electron chi connectivity index (χ2n) is 2.04. The van der Waals surface area contributed by atoms with Gasteiger partial charge >= 0.3 is 0 Å². The molecule has 3 N–H and O–H groups in total. The van der Waals surface area contributed by atoms with Crippen molar-refractivity contribution in [2.75, 3.05) is 13.2 Å². The largest absolute Gasteiger partial charge is 0.382 e. The van der Waals surface area contributed by atoms with Crippen LogP contribution in [0.2, 0.25) is 0 Å². The minimum absolute atomic E-state index is 0.118. The summed E-state index contributed by atoms with van der Waals surface area (Å²) in [6, 6.07) is 0. The lowest BCUT2D eigenvalue weighted by Gasteiger charge is -2.06. The molecule has 0 aliphatic heterocycles. The minimum Gasteiger partial charge on any atom is -0.382 e. The fraction of sp³-hybridized carbons (Fsp3) is 1.00. The highest BCUT2D eigenvalue weighted by Crippen LogP contribution is 1.96. The molecule has 0 saturated heterocycles. The van der Waals surface area contributed by atoms with E-state index in [9.17, 15) is 8.42 Å². The Bertz CT molecular complexity index is 189. The van der Waals surface area contributed by atoms with Crippen LogP contribution in [0.25, 0.3) is 0 Å². The van der Waals surface area contributed by atoms with E-state index in [-0.39, 0.29) is 13.0 Å². The monoisotopic (exact) mass is 183 g/mol. The Morgan fingerprint density at radius 1 is 1.64 bits per heavy atom. The van der Waals surface area contributed by atoms with Gasteiger partial charge in [0, 0.05) is 19.6 Å². The summed E-state index contributed by atoms with van der Waals surface area (Å²) in [4.78, 5) is 0. The maximum absolute atomic E-state index is 10.3. The van der Waals surface area contributed by atoms with Gasteiger partial charge in [-0.25, -0.2) is 0 Å². The number of nitrogens with two attached hydrogens (primary N) is 1. The molecule has 0 aliphatic rings. The van der Waals surface area contributed by atoms with Gasteiger partial charge in [0.25, 0.3) is 10.1 Å². The Morgan fingerprint density at radius 2 is 2.18 bits per heavy atom. The van der Waals surface area contributed by atoms with E-state index in [4.69, 9.17) is 15.0 Å². The van der Waals surface area contributed by atoms with E-state index in [1.54, 1.807) is 6.92 Å². The van der Waals surface area contributed by atoms with Crippen molar-refractivity contribution >= 4 is 10.1 Å². The first kappa shape index (κ1) is 10.8. The number of rotatable bonds is 5. The fourth-order valence-corrected chi connectivity index (χ4v) is 0.887. The molecule has 0 aromatic rings. The first-order chi connectivity index (χ1) is 4.98. The molecule has 11 heavy (non-hydrogen) atoms. The lowest BCUT2D eigenvalue weighted by Crippen LogP contribution is -2.31. The molecule has 1 atom stereocenters. The normalized spacial score (nSPS) is 14.8. The molecule has 1 unspecified atom stereocenters. The van der Waals surface area contributed by atoms with Gasteiger partial charge in [0.1, 0.15) is 5.37 Å². The number of hydrogen-bond donors (Lipinski definition) is 2. The molecule has 0 radical (unpaired) electrons. The van der Waals surface area contributed by atoms with Crippen molar-refractivity contribution in [3.63, 3.8) is 0 Å². The van der Waals surface area contributed by atoms with Gasteiger partial charge in [-0.2, -0.15) is 8.42 Å². The maximum atomic E-state index is 10.3. The van der Waals surface area contributed by atoms with Crippen LogP contribution in [0.3, 0.4) is 0 Å². The molecule has 0 fully saturated rings. The van der Waals surface area contributed by atoms with Gasteiger partial charge in [-0.15, -0.1) is 0 Å². The van der Waals surface area contributed by atoms with Crippen LogP contribution in [0.5, 0.6) is 0 Å². The van der Waals surface area contributed by atoms with Gasteiger partial charge in [-0.05, 0) is 6.92 Å². The van der Waals surface area contributed by atoms with E-state index in [1.165, 1.54) is 0 Å². The quantitative estimate of drug-likeness (QED) is 0.446. The standard InChI is InChI=1S/C5H13NO4S/c1-2-10-4-3-5(6)11(7,8)9/h5H,2-4,6H2,1H3,(H,7,8,9). The Kier molecular flexibility index (Phi) is 4.58. The zero-order valence-corrected chi connectivity index (χ0v) is 7.17. The molecular weight excluding hydrogens is 170 g/mol. The highest BCUT2D eigenvalue weighted by molar-refractivity contribution is 7.86. The Morgan fingerprint density at radius 3 is 2.55 bits per heavy atom. The predicted molar refractivity (Wildman–Crippen MR) is 40.6 cm³/mol. The maximum Gasteiger partial charge on any atom is 0.280 e. The van der Waals surface area contributed by atoms with Gasteiger partial charge in [0.2, 0.25) is 0 Å². The summed E-state index contributed by atoms with van der Waals surface area (Å²) in [6.07, 6.45) is 0.118. The zero-order valence-electron chi connectivity index (χ0n) is 6.36. The van der Waals surface area contributed by atoms with E-state index in [1.807, 2.05) is 0 Å². The van der Waals surface area contributed by atoms with Crippen LogP contribution in [-0.4, -0.2) is 31.6 Å². The molecule has 0 bridgehead atoms. The molecule has 0 heterocycles. The Hall–Kier alpha value is -0.170. The molecule has 5 nitrogen and oxygen atoms in total. The van der Waals surface area contributed by atoms with Crippen molar-refractivity contribution in [3.8, 4) is 0 Å². The second kappa shape index (κ2) is 4.66. The van der Waals surface area contributed by atoms with Crippen LogP contribution in [0, 0.1) is 0 Å². The first-order valence-corrected chi connectivity index (χ1v) is 4.78. The summed E-state index contributed by atoms with van der Waals surface area (Å²) in [5, 5.41) is -1.23. The molecule has 0 saturated carbocycles. The van der Waals surface area contributed by atoms with Crippen molar-refractivity contribution in [2.24, 2.45) is 5.73 Å². The molecule has 6 heteroatoms. The van der Waals surface area contributed by atoms with Crippen LogP contribution in [0.1, 0.15) is 13.3 Å². The molecule has 0 amide bonds. The highest BCUT2D eigenvalue weighted by atomic mass is 32.2. The Labute approximate surface area is 66.3 Å². The van der Waals surface area contributed by atoms with Gasteiger partial charge in [0.15, 0.2) is 0 Å². The smallest absolute Gasteiger partial charge is 0.280 e. The van der Waals surface area contributed by atoms with E-state index in [2.05, 4.69) is 0 Å². The van der Waals surface area contributed by atoms with Gasteiger partial charge < -0.3 is 10.5 Å². The lowest BCUT2D eigenvalue weighted by atomic mass is 10.5. The van der Waals surface area contributed by atoms with E-state index < -0.39 is 15.5 Å². The lowest BCUT2D eigenvalue weighted by molar-refractivity contribution is 0.143. The van der Waals surface area contributed by atoms with Gasteiger partial charge in [-0.1, -0.05) is 0 Å². The third-order valence-corrected chi connectivity index (χ3v) is 2.13. The van der Waals surface area contributed by atoms with Gasteiger partial charge in [-0.3, -0.25) is 4.55 Å². The van der Waals surface area contributed by atoms with Gasteiger partial charge in [0.05, 0.1) is 0 Å². The van der Waals surface area contributed by atoms with Crippen LogP contribution < -0.4 is 5.73 Å². The third kappa shape index (κ3) is 5.14. The molecule has 68 valence electrons. The van der Waals surface area contributed by atoms with Crippen molar-refractivity contribution in [3.05, 3.63) is 0 Å². The minimum atomic E-state index is -4.09. The summed E-state index contributed by atoms with van der Waals surface area (Å²) >= 11 is 0. The number of ether oxygens (including phenoxy) is 1. The summed E-state index contributed by atoms with van der Waals surface area (Å²) in [5.74, 6) is 0. The van der Waals surface area contributed by atoms with E-state index in [0.717, 1.165) is 0 Å². The van der Waals surface area contributed by atoms with Crippen molar-refractivity contribution in [1.29, 1.82) is 0 Å². The van der Waals surface area contributed by atoms with Crippen molar-refractivity contribution in [1.82, 2.24) is 0 Å². The van der Waals surface area contributed by atoms with E-state index >= 15 is 0 Å². The second-order valence-corrected chi connectivity index (χ2v) is 3.67. The van der Waals surface area contributed by atoms with Crippen LogP contribution in [0.4, 0.5) is 0 Å². The van der Waals surface area contributed by atoms with Crippen LogP contribution in [-0.2, 0) is 14.9 Å². The summed E-state index contributed by atoms with van der Waals surface area (Å²) in [6.45, 7) is 2.55. The Balaban J connectivity index is 3.62. The van der Waals surface area contributed by atoms with E-state index in [0.29, 0.717) is 6.61 Å². The molecule has 0 spiro atoms. The zero-order chi connectivity index (χ0) is 8.91. The molecule has 0 aromatic carbocycles. The van der Waals surface area contributed by atoms with Crippen LogP contribution >= 0.6 is 0 Å². The van der Waals surface area contributed by atoms with Crippen molar-refractivity contribution in [2.45, 2.75) is 18.7 Å². The first-order valence-electron chi connectivity index (χ1n) is 3.28. The molecule has 0 aliphatic carbocycles.